The van der Waals surface area contributed by atoms with Gasteiger partial charge in [0, 0.05) is 54.8 Å². The number of halogens is 1. The fraction of sp³-hybridized carbons (Fsp3) is 0.300. The van der Waals surface area contributed by atoms with E-state index in [0.717, 1.165) is 42.5 Å². The van der Waals surface area contributed by atoms with Crippen LogP contribution >= 0.6 is 0 Å². The molecule has 0 radical (unpaired) electrons. The zero-order valence-electron chi connectivity index (χ0n) is 14.4. The number of methoxy groups -OCH3 is 2. The highest BCUT2D eigenvalue weighted by Gasteiger charge is 2.20. The number of nitrogens with zero attached hydrogens (tertiary/aromatic N) is 1. The van der Waals surface area contributed by atoms with Crippen LogP contribution in [0.25, 0.3) is 22.0 Å². The highest BCUT2D eigenvalue weighted by Crippen LogP contribution is 2.40. The average molecular weight is 340 g/mol. The molecule has 0 unspecified atom stereocenters. The summed E-state index contributed by atoms with van der Waals surface area (Å²) in [5.41, 5.74) is 3.67. The van der Waals surface area contributed by atoms with E-state index in [1.807, 2.05) is 12.1 Å². The number of aromatic nitrogens is 1. The molecule has 1 aliphatic heterocycles. The van der Waals surface area contributed by atoms with Crippen LogP contribution in [0.5, 0.6) is 11.5 Å². The largest absolute Gasteiger partial charge is 0.497 e. The van der Waals surface area contributed by atoms with E-state index < -0.39 is 0 Å². The summed E-state index contributed by atoms with van der Waals surface area (Å²) in [4.78, 5) is 0. The second kappa shape index (κ2) is 6.41. The summed E-state index contributed by atoms with van der Waals surface area (Å²) in [6, 6.07) is 11.4. The number of hydrogen-bond acceptors (Lipinski definition) is 3. The van der Waals surface area contributed by atoms with Gasteiger partial charge in [-0.15, -0.1) is 0 Å². The number of rotatable bonds is 3. The molecule has 0 fully saturated rings. The van der Waals surface area contributed by atoms with E-state index in [2.05, 4.69) is 22.0 Å². The summed E-state index contributed by atoms with van der Waals surface area (Å²) >= 11 is 0. The number of ether oxygens (including phenoxy) is 2. The summed E-state index contributed by atoms with van der Waals surface area (Å²) in [6.07, 6.45) is 0.969. The fourth-order valence-electron chi connectivity index (χ4n) is 3.67. The summed E-state index contributed by atoms with van der Waals surface area (Å²) in [7, 11) is 3.08. The van der Waals surface area contributed by atoms with Crippen LogP contribution in [0.4, 0.5) is 4.39 Å². The fourth-order valence-corrected chi connectivity index (χ4v) is 3.67. The lowest BCUT2D eigenvalue weighted by Crippen LogP contribution is -2.17. The summed E-state index contributed by atoms with van der Waals surface area (Å²) in [6.45, 7) is 2.75. The maximum atomic E-state index is 14.9. The van der Waals surface area contributed by atoms with Crippen molar-refractivity contribution in [3.05, 3.63) is 47.9 Å². The molecule has 0 spiro atoms. The quantitative estimate of drug-likeness (QED) is 0.791. The van der Waals surface area contributed by atoms with Crippen LogP contribution in [0.3, 0.4) is 0 Å². The Kier molecular flexibility index (Phi) is 4.09. The Hall–Kier alpha value is -2.53. The Morgan fingerprint density at radius 2 is 1.96 bits per heavy atom. The lowest BCUT2D eigenvalue weighted by molar-refractivity contribution is 0.390. The smallest absolute Gasteiger partial charge is 0.138 e. The molecule has 25 heavy (non-hydrogen) atoms. The lowest BCUT2D eigenvalue weighted by atomic mass is 10.0. The molecule has 0 bridgehead atoms. The molecule has 130 valence electrons. The van der Waals surface area contributed by atoms with Gasteiger partial charge in [0.1, 0.15) is 17.3 Å². The van der Waals surface area contributed by atoms with E-state index in [1.54, 1.807) is 13.2 Å². The Bertz CT molecular complexity index is 933. The van der Waals surface area contributed by atoms with Crippen molar-refractivity contribution in [3.8, 4) is 22.6 Å². The van der Waals surface area contributed by atoms with Crippen LogP contribution in [0, 0.1) is 5.82 Å². The van der Waals surface area contributed by atoms with Crippen molar-refractivity contribution in [1.29, 1.82) is 0 Å². The van der Waals surface area contributed by atoms with Crippen molar-refractivity contribution in [2.24, 2.45) is 0 Å². The predicted molar refractivity (Wildman–Crippen MR) is 97.0 cm³/mol. The minimum absolute atomic E-state index is 0.342. The highest BCUT2D eigenvalue weighted by atomic mass is 19.1. The predicted octanol–water partition coefficient (Wildman–Crippen LogP) is 3.61. The zero-order chi connectivity index (χ0) is 17.4. The number of fused-ring (bicyclic) bond motifs is 3. The van der Waals surface area contributed by atoms with E-state index >= 15 is 0 Å². The first kappa shape index (κ1) is 16.0. The molecule has 1 aromatic heterocycles. The average Bonchev–Trinajstić information content (AvgIpc) is 2.82. The minimum Gasteiger partial charge on any atom is -0.497 e. The summed E-state index contributed by atoms with van der Waals surface area (Å²) in [5.74, 6) is 0.584. The van der Waals surface area contributed by atoms with Gasteiger partial charge in [-0.05, 0) is 6.07 Å². The Morgan fingerprint density at radius 1 is 1.08 bits per heavy atom. The number of benzene rings is 2. The number of nitrogens with one attached hydrogen (secondary N) is 1. The van der Waals surface area contributed by atoms with Crippen molar-refractivity contribution in [2.45, 2.75) is 13.0 Å². The van der Waals surface area contributed by atoms with Crippen LogP contribution in [0.1, 0.15) is 5.69 Å². The van der Waals surface area contributed by atoms with Crippen molar-refractivity contribution >= 4 is 10.9 Å². The topological polar surface area (TPSA) is 35.4 Å². The molecule has 3 aromatic rings. The maximum absolute atomic E-state index is 14.9. The van der Waals surface area contributed by atoms with E-state index in [1.165, 1.54) is 18.9 Å². The molecule has 1 aliphatic rings. The van der Waals surface area contributed by atoms with Gasteiger partial charge < -0.3 is 19.4 Å². The molecule has 4 rings (SSSR count). The third-order valence-corrected chi connectivity index (χ3v) is 4.83. The van der Waals surface area contributed by atoms with Crippen LogP contribution in [-0.2, 0) is 13.0 Å². The third kappa shape index (κ3) is 2.65. The molecule has 5 heteroatoms. The molecule has 0 saturated heterocycles. The van der Waals surface area contributed by atoms with E-state index in [-0.39, 0.29) is 5.82 Å². The molecule has 0 saturated carbocycles. The zero-order valence-corrected chi connectivity index (χ0v) is 14.4. The second-order valence-corrected chi connectivity index (χ2v) is 6.22. The SMILES string of the molecule is COc1cc(F)c(-c2cccc3cc4n(c23)CCNCC4)c(OC)c1. The van der Waals surface area contributed by atoms with Crippen molar-refractivity contribution < 1.29 is 13.9 Å². The minimum atomic E-state index is -0.342. The molecule has 1 N–H and O–H groups in total. The maximum Gasteiger partial charge on any atom is 0.138 e. The first-order valence-corrected chi connectivity index (χ1v) is 8.46. The molecule has 2 aromatic carbocycles. The van der Waals surface area contributed by atoms with E-state index in [9.17, 15) is 4.39 Å². The van der Waals surface area contributed by atoms with Gasteiger partial charge >= 0.3 is 0 Å². The van der Waals surface area contributed by atoms with Crippen molar-refractivity contribution in [1.82, 2.24) is 9.88 Å². The lowest BCUT2D eigenvalue weighted by Gasteiger charge is -2.15. The molecular formula is C20H21FN2O2. The van der Waals surface area contributed by atoms with Gasteiger partial charge in [0.15, 0.2) is 0 Å². The van der Waals surface area contributed by atoms with E-state index in [4.69, 9.17) is 9.47 Å². The van der Waals surface area contributed by atoms with E-state index in [0.29, 0.717) is 17.1 Å². The monoisotopic (exact) mass is 340 g/mol. The third-order valence-electron chi connectivity index (χ3n) is 4.83. The van der Waals surface area contributed by atoms with Gasteiger partial charge in [0.05, 0.1) is 25.3 Å². The van der Waals surface area contributed by atoms with Crippen LogP contribution < -0.4 is 14.8 Å². The summed E-state index contributed by atoms with van der Waals surface area (Å²) in [5, 5.41) is 4.55. The van der Waals surface area contributed by atoms with Gasteiger partial charge in [-0.25, -0.2) is 4.39 Å². The van der Waals surface area contributed by atoms with Gasteiger partial charge in [0.25, 0.3) is 0 Å². The summed E-state index contributed by atoms with van der Waals surface area (Å²) < 4.78 is 27.9. The van der Waals surface area contributed by atoms with Crippen LogP contribution in [0.15, 0.2) is 36.4 Å². The van der Waals surface area contributed by atoms with Crippen LogP contribution in [0.2, 0.25) is 0 Å². The van der Waals surface area contributed by atoms with Crippen molar-refractivity contribution in [3.63, 3.8) is 0 Å². The number of hydrogen-bond donors (Lipinski definition) is 1. The van der Waals surface area contributed by atoms with Gasteiger partial charge in [-0.2, -0.15) is 0 Å². The Morgan fingerprint density at radius 3 is 2.76 bits per heavy atom. The molecular weight excluding hydrogens is 319 g/mol. The van der Waals surface area contributed by atoms with Gasteiger partial charge in [-0.1, -0.05) is 18.2 Å². The van der Waals surface area contributed by atoms with Crippen molar-refractivity contribution in [2.75, 3.05) is 27.3 Å². The Labute approximate surface area is 146 Å². The molecule has 4 nitrogen and oxygen atoms in total. The Balaban J connectivity index is 2.01. The van der Waals surface area contributed by atoms with Gasteiger partial charge in [-0.3, -0.25) is 0 Å². The molecule has 0 atom stereocenters. The highest BCUT2D eigenvalue weighted by molar-refractivity contribution is 5.97. The molecule has 2 heterocycles. The van der Waals surface area contributed by atoms with Crippen LogP contribution in [-0.4, -0.2) is 31.9 Å². The van der Waals surface area contributed by atoms with Gasteiger partial charge in [0.2, 0.25) is 0 Å². The second-order valence-electron chi connectivity index (χ2n) is 6.22. The first-order chi connectivity index (χ1) is 12.2. The molecule has 0 amide bonds. The first-order valence-electron chi connectivity index (χ1n) is 8.46. The normalized spacial score (nSPS) is 14.2. The standard InChI is InChI=1S/C20H21FN2O2/c1-24-15-11-17(21)19(18(12-15)25-2)16-5-3-4-13-10-14-6-7-22-8-9-23(14)20(13)16/h3-5,10-12,22H,6-9H2,1-2H3. The number of para-hydroxylation sites is 1. The molecule has 0 aliphatic carbocycles.